The molecule has 0 amide bonds. The lowest BCUT2D eigenvalue weighted by atomic mass is 9.93. The molecule has 1 spiro atoms. The Morgan fingerprint density at radius 2 is 1.62 bits per heavy atom. The highest BCUT2D eigenvalue weighted by Crippen LogP contribution is 2.47. The third-order valence-electron chi connectivity index (χ3n) is 8.02. The van der Waals surface area contributed by atoms with E-state index in [2.05, 4.69) is 4.72 Å². The molecule has 47 heavy (non-hydrogen) atoms. The number of carboxylic acid groups (broad SMARTS) is 1. The van der Waals surface area contributed by atoms with Gasteiger partial charge in [0.1, 0.15) is 36.0 Å². The van der Waals surface area contributed by atoms with Gasteiger partial charge in [-0.2, -0.15) is 0 Å². The summed E-state index contributed by atoms with van der Waals surface area (Å²) < 4.78 is 66.6. The molecule has 2 N–H and O–H groups in total. The Kier molecular flexibility index (Phi) is 10.0. The highest BCUT2D eigenvalue weighted by Gasteiger charge is 2.59. The van der Waals surface area contributed by atoms with Gasteiger partial charge in [-0.15, -0.1) is 0 Å². The van der Waals surface area contributed by atoms with Crippen LogP contribution in [0.3, 0.4) is 0 Å². The number of carbonyl (C=O) groups is 3. The summed E-state index contributed by atoms with van der Waals surface area (Å²) >= 11 is 6.01. The van der Waals surface area contributed by atoms with Crippen molar-refractivity contribution in [1.29, 1.82) is 0 Å². The maximum atomic E-state index is 13.5. The van der Waals surface area contributed by atoms with E-state index in [1.807, 2.05) is 0 Å². The van der Waals surface area contributed by atoms with Crippen LogP contribution in [-0.4, -0.2) is 67.4 Å². The molecule has 3 aromatic carbocycles. The molecule has 1 aliphatic carbocycles. The minimum atomic E-state index is -4.42. The summed E-state index contributed by atoms with van der Waals surface area (Å²) in [4.78, 5) is 38.2. The van der Waals surface area contributed by atoms with Gasteiger partial charge in [0.05, 0.1) is 27.4 Å². The molecular formula is C33H31ClFNO10S. The molecule has 3 aromatic rings. The number of carboxylic acids is 1. The molecule has 2 aliphatic rings. The minimum Gasteiger partial charge on any atom is -0.478 e. The first-order valence-corrected chi connectivity index (χ1v) is 16.5. The number of anilines is 1. The Labute approximate surface area is 275 Å². The SMILES string of the molecule is CC[C@]1(COC(=O)c2ccccc2)OC2(C=C(C(=O)O)C(S(=O)(=O)Nc3ccc(F)cc3Cl)CC2)O[C@@H]1COC(=O)c1ccccc1. The lowest BCUT2D eigenvalue weighted by Crippen LogP contribution is -2.47. The molecular weight excluding hydrogens is 657 g/mol. The Morgan fingerprint density at radius 1 is 1.00 bits per heavy atom. The molecule has 0 saturated carbocycles. The molecule has 0 radical (unpaired) electrons. The first-order chi connectivity index (χ1) is 22.4. The van der Waals surface area contributed by atoms with Gasteiger partial charge in [0, 0.05) is 6.42 Å². The minimum absolute atomic E-state index is 0.128. The van der Waals surface area contributed by atoms with Gasteiger partial charge in [-0.05, 0) is 61.4 Å². The van der Waals surface area contributed by atoms with Gasteiger partial charge in [-0.1, -0.05) is 54.9 Å². The zero-order valence-corrected chi connectivity index (χ0v) is 26.6. The second-order valence-corrected chi connectivity index (χ2v) is 13.3. The van der Waals surface area contributed by atoms with Crippen LogP contribution in [0.25, 0.3) is 0 Å². The van der Waals surface area contributed by atoms with Crippen LogP contribution < -0.4 is 4.72 Å². The van der Waals surface area contributed by atoms with E-state index >= 15 is 0 Å². The van der Waals surface area contributed by atoms with Crippen LogP contribution in [0.1, 0.15) is 46.9 Å². The zero-order chi connectivity index (χ0) is 33.8. The maximum Gasteiger partial charge on any atom is 0.338 e. The van der Waals surface area contributed by atoms with E-state index in [1.165, 1.54) is 0 Å². The monoisotopic (exact) mass is 687 g/mol. The van der Waals surface area contributed by atoms with Gasteiger partial charge in [-0.3, -0.25) is 4.72 Å². The van der Waals surface area contributed by atoms with E-state index < -0.39 is 62.1 Å². The van der Waals surface area contributed by atoms with Gasteiger partial charge in [0.25, 0.3) is 0 Å². The van der Waals surface area contributed by atoms with Gasteiger partial charge < -0.3 is 24.1 Å². The molecule has 11 nitrogen and oxygen atoms in total. The summed E-state index contributed by atoms with van der Waals surface area (Å²) in [5.74, 6) is -5.30. The number of benzene rings is 3. The highest BCUT2D eigenvalue weighted by atomic mass is 35.5. The summed E-state index contributed by atoms with van der Waals surface area (Å²) in [6.07, 6.45) is -0.208. The summed E-state index contributed by atoms with van der Waals surface area (Å²) in [5.41, 5.74) is -1.53. The van der Waals surface area contributed by atoms with Crippen LogP contribution in [0.5, 0.6) is 0 Å². The zero-order valence-electron chi connectivity index (χ0n) is 25.1. The third-order valence-corrected chi connectivity index (χ3v) is 10.1. The van der Waals surface area contributed by atoms with Gasteiger partial charge in [0.2, 0.25) is 10.0 Å². The standard InChI is InChI=1S/C33H31ClFNO10S/c1-2-32(20-44-31(40)22-11-7-4-8-12-22)28(19-43-30(39)21-9-5-3-6-10-21)45-33(46-32)16-15-27(24(18-33)29(37)38)47(41,42)36-26-14-13-23(35)17-25(26)34/h3-14,17-18,27-28,36H,2,15-16,19-20H2,1H3,(H,37,38)/t27?,28-,32-,33?/m1/s1. The number of ether oxygens (including phenoxy) is 4. The second-order valence-electron chi connectivity index (χ2n) is 11.0. The van der Waals surface area contributed by atoms with E-state index in [4.69, 9.17) is 30.5 Å². The summed E-state index contributed by atoms with van der Waals surface area (Å²) in [6, 6.07) is 19.5. The predicted octanol–water partition coefficient (Wildman–Crippen LogP) is 5.37. The first-order valence-electron chi connectivity index (χ1n) is 14.6. The highest BCUT2D eigenvalue weighted by molar-refractivity contribution is 7.93. The second kappa shape index (κ2) is 13.8. The van der Waals surface area contributed by atoms with Crippen molar-refractivity contribution >= 4 is 45.2 Å². The maximum absolute atomic E-state index is 13.5. The Bertz CT molecular complexity index is 1790. The quantitative estimate of drug-likeness (QED) is 0.252. The van der Waals surface area contributed by atoms with Crippen molar-refractivity contribution in [2.45, 2.75) is 48.9 Å². The van der Waals surface area contributed by atoms with Crippen LogP contribution in [0, 0.1) is 5.82 Å². The average molecular weight is 688 g/mol. The first kappa shape index (κ1) is 34.0. The van der Waals surface area contributed by atoms with Crippen molar-refractivity contribution in [3.8, 4) is 0 Å². The average Bonchev–Trinajstić information content (AvgIpc) is 3.36. The summed E-state index contributed by atoms with van der Waals surface area (Å²) in [7, 11) is -4.42. The molecule has 14 heteroatoms. The lowest BCUT2D eigenvalue weighted by Gasteiger charge is -2.35. The van der Waals surface area contributed by atoms with Crippen molar-refractivity contribution in [3.63, 3.8) is 0 Å². The Morgan fingerprint density at radius 3 is 2.19 bits per heavy atom. The van der Waals surface area contributed by atoms with Crippen LogP contribution in [-0.2, 0) is 33.8 Å². The summed E-state index contributed by atoms with van der Waals surface area (Å²) in [6.45, 7) is 1.03. The van der Waals surface area contributed by atoms with Crippen LogP contribution in [0.4, 0.5) is 10.1 Å². The lowest BCUT2D eigenvalue weighted by molar-refractivity contribution is -0.171. The van der Waals surface area contributed by atoms with Crippen LogP contribution in [0.2, 0.25) is 5.02 Å². The fourth-order valence-corrected chi connectivity index (χ4v) is 7.36. The van der Waals surface area contributed by atoms with E-state index in [0.717, 1.165) is 24.3 Å². The summed E-state index contributed by atoms with van der Waals surface area (Å²) in [5, 5.41) is 8.36. The van der Waals surface area contributed by atoms with E-state index in [-0.39, 0.29) is 54.3 Å². The van der Waals surface area contributed by atoms with E-state index in [1.54, 1.807) is 67.6 Å². The van der Waals surface area contributed by atoms with E-state index in [9.17, 15) is 32.3 Å². The number of sulfonamides is 1. The van der Waals surface area contributed by atoms with Gasteiger partial charge >= 0.3 is 17.9 Å². The van der Waals surface area contributed by atoms with Crippen LogP contribution >= 0.6 is 11.6 Å². The molecule has 1 aliphatic heterocycles. The molecule has 2 unspecified atom stereocenters. The predicted molar refractivity (Wildman–Crippen MR) is 168 cm³/mol. The van der Waals surface area contributed by atoms with Crippen molar-refractivity contribution < 1.29 is 51.2 Å². The third kappa shape index (κ3) is 7.49. The number of esters is 2. The molecule has 4 atom stereocenters. The Hall–Kier alpha value is -4.30. The number of nitrogens with one attached hydrogen (secondary N) is 1. The number of hydrogen-bond acceptors (Lipinski definition) is 9. The van der Waals surface area contributed by atoms with Gasteiger partial charge in [-0.25, -0.2) is 27.2 Å². The van der Waals surface area contributed by atoms with Crippen molar-refractivity contribution in [2.24, 2.45) is 0 Å². The van der Waals surface area contributed by atoms with Crippen molar-refractivity contribution in [3.05, 3.63) is 112 Å². The normalized spacial score (nSPS) is 23.9. The fourth-order valence-electron chi connectivity index (χ4n) is 5.53. The molecule has 5 rings (SSSR count). The van der Waals surface area contributed by atoms with Crippen molar-refractivity contribution in [1.82, 2.24) is 0 Å². The molecule has 1 fully saturated rings. The number of carbonyl (C=O) groups excluding carboxylic acids is 2. The van der Waals surface area contributed by atoms with Crippen LogP contribution in [0.15, 0.2) is 90.5 Å². The molecule has 248 valence electrons. The number of rotatable bonds is 11. The Balaban J connectivity index is 1.44. The number of halogens is 2. The fraction of sp³-hybridized carbons (Fsp3) is 0.303. The van der Waals surface area contributed by atoms with Crippen molar-refractivity contribution in [2.75, 3.05) is 17.9 Å². The van der Waals surface area contributed by atoms with E-state index in [0.29, 0.717) is 0 Å². The topological polar surface area (TPSA) is 155 Å². The van der Waals surface area contributed by atoms with Gasteiger partial charge in [0.15, 0.2) is 5.79 Å². The largest absolute Gasteiger partial charge is 0.478 e. The number of hydrogen-bond donors (Lipinski definition) is 2. The number of aliphatic carboxylic acids is 1. The molecule has 1 saturated heterocycles. The molecule has 0 aromatic heterocycles. The molecule has 1 heterocycles. The molecule has 0 bridgehead atoms. The smallest absolute Gasteiger partial charge is 0.338 e.